The van der Waals surface area contributed by atoms with Crippen molar-refractivity contribution < 1.29 is 23.5 Å². The van der Waals surface area contributed by atoms with Crippen LogP contribution in [0.1, 0.15) is 21.8 Å². The van der Waals surface area contributed by atoms with E-state index in [1.54, 1.807) is 17.5 Å². The number of benzene rings is 1. The standard InChI is InChI=1S/C26H33N5O5S/c1-29(2)11-12-30(17-20-8-5-4-6-9-20)24(33)16-21-19-37-26(27-21)28-23(32)18-31(13-15-35-3)25(34)22-10-7-14-36-22/h4-10,14,19H,11-13,15-18H2,1-3H3,(H,27,28,32). The Morgan fingerprint density at radius 3 is 2.49 bits per heavy atom. The third-order valence-corrected chi connectivity index (χ3v) is 6.24. The first-order chi connectivity index (χ1) is 17.9. The van der Waals surface area contributed by atoms with Gasteiger partial charge in [-0.25, -0.2) is 4.98 Å². The molecule has 2 aromatic heterocycles. The predicted octanol–water partition coefficient (Wildman–Crippen LogP) is 2.60. The van der Waals surface area contributed by atoms with E-state index in [0.29, 0.717) is 23.9 Å². The minimum Gasteiger partial charge on any atom is -0.459 e. The molecular formula is C26H33N5O5S. The monoisotopic (exact) mass is 527 g/mol. The molecule has 0 saturated heterocycles. The summed E-state index contributed by atoms with van der Waals surface area (Å²) >= 11 is 1.24. The van der Waals surface area contributed by atoms with Gasteiger partial charge >= 0.3 is 0 Å². The molecule has 11 heteroatoms. The highest BCUT2D eigenvalue weighted by Gasteiger charge is 2.22. The minimum absolute atomic E-state index is 0.0383. The lowest BCUT2D eigenvalue weighted by Gasteiger charge is -2.24. The van der Waals surface area contributed by atoms with Crippen molar-refractivity contribution in [2.75, 3.05) is 59.3 Å². The number of anilines is 1. The number of aromatic nitrogens is 1. The molecule has 0 saturated carbocycles. The molecule has 0 aliphatic rings. The largest absolute Gasteiger partial charge is 0.459 e. The maximum Gasteiger partial charge on any atom is 0.290 e. The van der Waals surface area contributed by atoms with E-state index in [9.17, 15) is 14.4 Å². The van der Waals surface area contributed by atoms with E-state index in [4.69, 9.17) is 9.15 Å². The molecule has 10 nitrogen and oxygen atoms in total. The van der Waals surface area contributed by atoms with Crippen LogP contribution in [0, 0.1) is 0 Å². The number of carbonyl (C=O) groups excluding carboxylic acids is 3. The van der Waals surface area contributed by atoms with Gasteiger partial charge in [-0.1, -0.05) is 30.3 Å². The smallest absolute Gasteiger partial charge is 0.290 e. The Labute approximate surface area is 220 Å². The third-order valence-electron chi connectivity index (χ3n) is 5.44. The number of furan rings is 1. The van der Waals surface area contributed by atoms with E-state index in [1.807, 2.05) is 54.2 Å². The second kappa shape index (κ2) is 14.3. The number of ether oxygens (including phenoxy) is 1. The highest BCUT2D eigenvalue weighted by Crippen LogP contribution is 2.17. The van der Waals surface area contributed by atoms with E-state index in [1.165, 1.54) is 29.6 Å². The van der Waals surface area contributed by atoms with Crippen LogP contribution in [0.2, 0.25) is 0 Å². The number of rotatable bonds is 14. The van der Waals surface area contributed by atoms with Crippen LogP contribution in [-0.4, -0.2) is 91.4 Å². The number of hydrogen-bond acceptors (Lipinski definition) is 8. The molecule has 0 aliphatic carbocycles. The first kappa shape index (κ1) is 28.0. The first-order valence-corrected chi connectivity index (χ1v) is 12.8. The number of amides is 3. The highest BCUT2D eigenvalue weighted by molar-refractivity contribution is 7.13. The molecule has 0 aliphatic heterocycles. The summed E-state index contributed by atoms with van der Waals surface area (Å²) in [5.74, 6) is -0.698. The van der Waals surface area contributed by atoms with E-state index in [-0.39, 0.29) is 37.8 Å². The average Bonchev–Trinajstić information content (AvgIpc) is 3.57. The van der Waals surface area contributed by atoms with Crippen molar-refractivity contribution >= 4 is 34.2 Å². The van der Waals surface area contributed by atoms with Crippen LogP contribution in [0.3, 0.4) is 0 Å². The fourth-order valence-corrected chi connectivity index (χ4v) is 4.20. The van der Waals surface area contributed by atoms with Crippen molar-refractivity contribution in [1.29, 1.82) is 0 Å². The van der Waals surface area contributed by atoms with Gasteiger partial charge < -0.3 is 29.2 Å². The number of nitrogens with zero attached hydrogens (tertiary/aromatic N) is 4. The average molecular weight is 528 g/mol. The topological polar surface area (TPSA) is 108 Å². The van der Waals surface area contributed by atoms with Gasteiger partial charge in [0.25, 0.3) is 5.91 Å². The lowest BCUT2D eigenvalue weighted by Crippen LogP contribution is -2.39. The molecule has 198 valence electrons. The fourth-order valence-electron chi connectivity index (χ4n) is 3.47. The van der Waals surface area contributed by atoms with Gasteiger partial charge in [-0.15, -0.1) is 11.3 Å². The summed E-state index contributed by atoms with van der Waals surface area (Å²) in [6.07, 6.45) is 1.53. The Bertz CT molecular complexity index is 1130. The molecule has 1 aromatic carbocycles. The Kier molecular flexibility index (Phi) is 10.8. The van der Waals surface area contributed by atoms with E-state index in [2.05, 4.69) is 10.3 Å². The Balaban J connectivity index is 1.59. The molecule has 3 aromatic rings. The zero-order valence-electron chi connectivity index (χ0n) is 21.4. The first-order valence-electron chi connectivity index (χ1n) is 11.9. The lowest BCUT2D eigenvalue weighted by molar-refractivity contribution is -0.131. The Morgan fingerprint density at radius 2 is 1.81 bits per heavy atom. The van der Waals surface area contributed by atoms with Crippen LogP contribution >= 0.6 is 11.3 Å². The van der Waals surface area contributed by atoms with E-state index >= 15 is 0 Å². The van der Waals surface area contributed by atoms with Gasteiger partial charge in [0.15, 0.2) is 10.9 Å². The van der Waals surface area contributed by atoms with Crippen molar-refractivity contribution in [3.8, 4) is 0 Å². The third kappa shape index (κ3) is 9.12. The number of likely N-dealkylation sites (N-methyl/N-ethyl adjacent to an activating group) is 1. The molecule has 0 unspecified atom stereocenters. The van der Waals surface area contributed by atoms with Gasteiger partial charge in [0.05, 0.1) is 25.0 Å². The molecule has 3 amide bonds. The molecular weight excluding hydrogens is 494 g/mol. The summed E-state index contributed by atoms with van der Waals surface area (Å²) in [6, 6.07) is 13.0. The second-order valence-corrected chi connectivity index (χ2v) is 9.53. The van der Waals surface area contributed by atoms with Gasteiger partial charge in [0.2, 0.25) is 11.8 Å². The minimum atomic E-state index is -0.404. The van der Waals surface area contributed by atoms with Crippen molar-refractivity contribution in [2.45, 2.75) is 13.0 Å². The van der Waals surface area contributed by atoms with Crippen molar-refractivity contribution in [3.05, 3.63) is 71.1 Å². The maximum atomic E-state index is 13.1. The molecule has 3 rings (SSSR count). The summed E-state index contributed by atoms with van der Waals surface area (Å²) in [5.41, 5.74) is 1.64. The molecule has 0 radical (unpaired) electrons. The van der Waals surface area contributed by atoms with Gasteiger partial charge in [-0.3, -0.25) is 14.4 Å². The Morgan fingerprint density at radius 1 is 1.03 bits per heavy atom. The van der Waals surface area contributed by atoms with Crippen LogP contribution in [-0.2, 0) is 27.3 Å². The number of carbonyl (C=O) groups is 3. The fraction of sp³-hybridized carbons (Fsp3) is 0.385. The molecule has 0 bridgehead atoms. The zero-order chi connectivity index (χ0) is 26.6. The van der Waals surface area contributed by atoms with Gasteiger partial charge in [-0.2, -0.15) is 0 Å². The molecule has 0 fully saturated rings. The summed E-state index contributed by atoms with van der Waals surface area (Å²) in [7, 11) is 5.47. The summed E-state index contributed by atoms with van der Waals surface area (Å²) in [5, 5.41) is 4.85. The SMILES string of the molecule is COCCN(CC(=O)Nc1nc(CC(=O)N(CCN(C)C)Cc2ccccc2)cs1)C(=O)c1ccco1. The predicted molar refractivity (Wildman–Crippen MR) is 141 cm³/mol. The number of nitrogens with one attached hydrogen (secondary N) is 1. The van der Waals surface area contributed by atoms with Crippen LogP contribution in [0.4, 0.5) is 5.13 Å². The van der Waals surface area contributed by atoms with Crippen molar-refractivity contribution in [1.82, 2.24) is 19.7 Å². The van der Waals surface area contributed by atoms with Crippen molar-refractivity contribution in [2.24, 2.45) is 0 Å². The summed E-state index contributed by atoms with van der Waals surface area (Å²) in [6.45, 7) is 2.17. The van der Waals surface area contributed by atoms with Gasteiger partial charge in [0, 0.05) is 38.7 Å². The molecule has 37 heavy (non-hydrogen) atoms. The van der Waals surface area contributed by atoms with E-state index < -0.39 is 11.8 Å². The van der Waals surface area contributed by atoms with Crippen LogP contribution in [0.5, 0.6) is 0 Å². The molecule has 0 spiro atoms. The number of thiazole rings is 1. The summed E-state index contributed by atoms with van der Waals surface area (Å²) in [4.78, 5) is 48.1. The quantitative estimate of drug-likeness (QED) is 0.343. The van der Waals surface area contributed by atoms with Crippen LogP contribution in [0.15, 0.2) is 58.5 Å². The van der Waals surface area contributed by atoms with Crippen molar-refractivity contribution in [3.63, 3.8) is 0 Å². The van der Waals surface area contributed by atoms with Gasteiger partial charge in [-0.05, 0) is 31.8 Å². The lowest BCUT2D eigenvalue weighted by atomic mass is 10.2. The summed E-state index contributed by atoms with van der Waals surface area (Å²) < 4.78 is 10.2. The van der Waals surface area contributed by atoms with Crippen LogP contribution < -0.4 is 5.32 Å². The van der Waals surface area contributed by atoms with Crippen LogP contribution in [0.25, 0.3) is 0 Å². The molecule has 2 heterocycles. The number of methoxy groups -OCH3 is 1. The van der Waals surface area contributed by atoms with Gasteiger partial charge in [0.1, 0.15) is 6.54 Å². The Hall–Kier alpha value is -3.54. The molecule has 0 atom stereocenters. The number of hydrogen-bond donors (Lipinski definition) is 1. The maximum absolute atomic E-state index is 13.1. The second-order valence-electron chi connectivity index (χ2n) is 8.67. The van der Waals surface area contributed by atoms with E-state index in [0.717, 1.165) is 12.1 Å². The highest BCUT2D eigenvalue weighted by atomic mass is 32.1. The normalized spacial score (nSPS) is 10.9. The molecule has 1 N–H and O–H groups in total. The zero-order valence-corrected chi connectivity index (χ0v) is 22.2.